The van der Waals surface area contributed by atoms with Crippen LogP contribution in [-0.4, -0.2) is 18.5 Å². The fourth-order valence-corrected chi connectivity index (χ4v) is 3.57. The quantitative estimate of drug-likeness (QED) is 0.292. The molecule has 0 bridgehead atoms. The van der Waals surface area contributed by atoms with Crippen molar-refractivity contribution in [2.45, 2.75) is 6.92 Å². The van der Waals surface area contributed by atoms with Gasteiger partial charge in [0.2, 0.25) is 0 Å². The van der Waals surface area contributed by atoms with Gasteiger partial charge < -0.3 is 10.1 Å². The molecule has 0 aliphatic rings. The highest BCUT2D eigenvalue weighted by Gasteiger charge is 2.13. The molecule has 4 nitrogen and oxygen atoms in total. The van der Waals surface area contributed by atoms with Gasteiger partial charge in [0.25, 0.3) is 5.91 Å². The highest BCUT2D eigenvalue weighted by molar-refractivity contribution is 6.14. The Kier molecular flexibility index (Phi) is 6.42. The number of carbonyl (C=O) groups excluding carboxylic acids is 2. The Hall–Kier alpha value is -4.18. The molecular weight excluding hydrogens is 398 g/mol. The van der Waals surface area contributed by atoms with E-state index in [4.69, 9.17) is 4.74 Å². The van der Waals surface area contributed by atoms with Crippen LogP contribution >= 0.6 is 0 Å². The van der Waals surface area contributed by atoms with Gasteiger partial charge in [-0.15, -0.1) is 0 Å². The van der Waals surface area contributed by atoms with E-state index in [9.17, 15) is 9.59 Å². The summed E-state index contributed by atoms with van der Waals surface area (Å²) in [5, 5.41) is 4.89. The molecule has 0 aromatic heterocycles. The number of ether oxygens (including phenoxy) is 1. The van der Waals surface area contributed by atoms with Gasteiger partial charge in [-0.25, -0.2) is 4.79 Å². The summed E-state index contributed by atoms with van der Waals surface area (Å²) in [7, 11) is 0. The zero-order valence-corrected chi connectivity index (χ0v) is 17.7. The number of fused-ring (bicyclic) bond motifs is 1. The molecule has 0 atom stereocenters. The van der Waals surface area contributed by atoms with Crippen LogP contribution in [0.3, 0.4) is 0 Å². The van der Waals surface area contributed by atoms with Gasteiger partial charge in [0.1, 0.15) is 0 Å². The summed E-state index contributed by atoms with van der Waals surface area (Å²) in [5.41, 5.74) is 4.09. The SMILES string of the molecule is CCOC(=O)/C=C/c1cccc(NC(=O)c2cc(-c3ccccc3)cc3ccccc23)c1. The fourth-order valence-electron chi connectivity index (χ4n) is 3.57. The molecule has 0 fully saturated rings. The van der Waals surface area contributed by atoms with E-state index >= 15 is 0 Å². The second kappa shape index (κ2) is 9.75. The molecule has 0 spiro atoms. The van der Waals surface area contributed by atoms with Crippen molar-refractivity contribution in [1.29, 1.82) is 0 Å². The lowest BCUT2D eigenvalue weighted by Gasteiger charge is -2.12. The van der Waals surface area contributed by atoms with Crippen molar-refractivity contribution in [2.24, 2.45) is 0 Å². The molecule has 1 N–H and O–H groups in total. The molecular formula is C28H23NO3. The second-order valence-corrected chi connectivity index (χ2v) is 7.28. The maximum atomic E-state index is 13.3. The predicted octanol–water partition coefficient (Wildman–Crippen LogP) is 6.34. The molecule has 158 valence electrons. The van der Waals surface area contributed by atoms with Crippen LogP contribution in [0.15, 0.2) is 97.1 Å². The molecule has 0 aliphatic carbocycles. The number of hydrogen-bond acceptors (Lipinski definition) is 3. The first-order chi connectivity index (χ1) is 15.6. The minimum Gasteiger partial charge on any atom is -0.463 e. The minimum atomic E-state index is -0.397. The number of rotatable bonds is 6. The average Bonchev–Trinajstić information content (AvgIpc) is 2.83. The maximum absolute atomic E-state index is 13.3. The first kappa shape index (κ1) is 21.1. The third-order valence-corrected chi connectivity index (χ3v) is 5.06. The molecule has 0 radical (unpaired) electrons. The van der Waals surface area contributed by atoms with E-state index in [0.29, 0.717) is 17.9 Å². The Morgan fingerprint density at radius 2 is 1.62 bits per heavy atom. The normalized spacial score (nSPS) is 10.9. The topological polar surface area (TPSA) is 55.4 Å². The van der Waals surface area contributed by atoms with Crippen molar-refractivity contribution in [3.63, 3.8) is 0 Å². The highest BCUT2D eigenvalue weighted by atomic mass is 16.5. The van der Waals surface area contributed by atoms with Crippen molar-refractivity contribution in [3.8, 4) is 11.1 Å². The first-order valence-electron chi connectivity index (χ1n) is 10.5. The van der Waals surface area contributed by atoms with Crippen LogP contribution in [-0.2, 0) is 9.53 Å². The summed E-state index contributed by atoms with van der Waals surface area (Å²) in [4.78, 5) is 24.8. The minimum absolute atomic E-state index is 0.189. The third kappa shape index (κ3) is 4.93. The Balaban J connectivity index is 1.65. The van der Waals surface area contributed by atoms with E-state index < -0.39 is 5.97 Å². The molecule has 0 heterocycles. The van der Waals surface area contributed by atoms with Crippen molar-refractivity contribution in [1.82, 2.24) is 0 Å². The average molecular weight is 421 g/mol. The van der Waals surface area contributed by atoms with Crippen LogP contribution in [0.25, 0.3) is 28.0 Å². The number of esters is 1. The van der Waals surface area contributed by atoms with Crippen molar-refractivity contribution in [3.05, 3.63) is 108 Å². The van der Waals surface area contributed by atoms with Crippen LogP contribution in [0, 0.1) is 0 Å². The lowest BCUT2D eigenvalue weighted by atomic mass is 9.96. The maximum Gasteiger partial charge on any atom is 0.330 e. The summed E-state index contributed by atoms with van der Waals surface area (Å²) < 4.78 is 4.91. The smallest absolute Gasteiger partial charge is 0.330 e. The number of benzene rings is 4. The van der Waals surface area contributed by atoms with Crippen LogP contribution in [0.5, 0.6) is 0 Å². The van der Waals surface area contributed by atoms with E-state index in [-0.39, 0.29) is 5.91 Å². The van der Waals surface area contributed by atoms with Gasteiger partial charge in [-0.1, -0.05) is 66.7 Å². The molecule has 4 rings (SSSR count). The van der Waals surface area contributed by atoms with Crippen LogP contribution in [0.2, 0.25) is 0 Å². The van der Waals surface area contributed by atoms with Crippen molar-refractivity contribution >= 4 is 34.4 Å². The molecule has 4 aromatic rings. The number of amides is 1. The zero-order valence-electron chi connectivity index (χ0n) is 17.7. The molecule has 0 saturated carbocycles. The molecule has 0 unspecified atom stereocenters. The lowest BCUT2D eigenvalue weighted by molar-refractivity contribution is -0.137. The Morgan fingerprint density at radius 3 is 2.44 bits per heavy atom. The van der Waals surface area contributed by atoms with E-state index in [1.165, 1.54) is 6.08 Å². The fraction of sp³-hybridized carbons (Fsp3) is 0.0714. The summed E-state index contributed by atoms with van der Waals surface area (Å²) in [6, 6.07) is 29.2. The van der Waals surface area contributed by atoms with E-state index in [1.54, 1.807) is 13.0 Å². The van der Waals surface area contributed by atoms with E-state index in [0.717, 1.165) is 27.5 Å². The summed E-state index contributed by atoms with van der Waals surface area (Å²) in [6.45, 7) is 2.09. The van der Waals surface area contributed by atoms with Crippen molar-refractivity contribution in [2.75, 3.05) is 11.9 Å². The van der Waals surface area contributed by atoms with Crippen LogP contribution in [0.4, 0.5) is 5.69 Å². The van der Waals surface area contributed by atoms with Gasteiger partial charge in [0, 0.05) is 17.3 Å². The van der Waals surface area contributed by atoms with Gasteiger partial charge in [0.05, 0.1) is 6.61 Å². The van der Waals surface area contributed by atoms with E-state index in [1.807, 2.05) is 84.9 Å². The Bertz CT molecular complexity index is 1290. The molecule has 0 aliphatic heterocycles. The Morgan fingerprint density at radius 1 is 0.844 bits per heavy atom. The Labute approximate surface area is 187 Å². The highest BCUT2D eigenvalue weighted by Crippen LogP contribution is 2.28. The molecule has 32 heavy (non-hydrogen) atoms. The van der Waals surface area contributed by atoms with Crippen molar-refractivity contribution < 1.29 is 14.3 Å². The molecule has 0 saturated heterocycles. The van der Waals surface area contributed by atoms with Crippen LogP contribution in [0.1, 0.15) is 22.8 Å². The number of hydrogen-bond donors (Lipinski definition) is 1. The summed E-state index contributed by atoms with van der Waals surface area (Å²) in [5.74, 6) is -0.586. The standard InChI is InChI=1S/C28H23NO3/c1-2-32-27(30)16-15-20-9-8-13-24(17-20)29-28(31)26-19-23(21-10-4-3-5-11-21)18-22-12-6-7-14-25(22)26/h3-19H,2H2,1H3,(H,29,31)/b16-15+. The molecule has 1 amide bonds. The van der Waals surface area contributed by atoms with Gasteiger partial charge >= 0.3 is 5.97 Å². The lowest BCUT2D eigenvalue weighted by Crippen LogP contribution is -2.12. The number of anilines is 1. The van der Waals surface area contributed by atoms with Gasteiger partial charge in [0.15, 0.2) is 0 Å². The van der Waals surface area contributed by atoms with E-state index in [2.05, 4.69) is 11.4 Å². The largest absolute Gasteiger partial charge is 0.463 e. The second-order valence-electron chi connectivity index (χ2n) is 7.28. The van der Waals surface area contributed by atoms with Gasteiger partial charge in [-0.2, -0.15) is 0 Å². The summed E-state index contributed by atoms with van der Waals surface area (Å²) >= 11 is 0. The van der Waals surface area contributed by atoms with Gasteiger partial charge in [-0.3, -0.25) is 4.79 Å². The van der Waals surface area contributed by atoms with Crippen LogP contribution < -0.4 is 5.32 Å². The first-order valence-corrected chi connectivity index (χ1v) is 10.5. The molecule has 4 aromatic carbocycles. The monoisotopic (exact) mass is 421 g/mol. The number of carbonyl (C=O) groups is 2. The van der Waals surface area contributed by atoms with Gasteiger partial charge in [-0.05, 0) is 64.7 Å². The molecule has 4 heteroatoms. The summed E-state index contributed by atoms with van der Waals surface area (Å²) in [6.07, 6.45) is 3.04. The predicted molar refractivity (Wildman–Crippen MR) is 129 cm³/mol. The third-order valence-electron chi connectivity index (χ3n) is 5.06. The number of nitrogens with one attached hydrogen (secondary N) is 1. The zero-order chi connectivity index (χ0) is 22.3.